The normalized spacial score (nSPS) is 27.2. The Labute approximate surface area is 94.6 Å². The molecule has 1 saturated heterocycles. The van der Waals surface area contributed by atoms with Gasteiger partial charge in [0.15, 0.2) is 5.92 Å². The molecule has 0 bridgehead atoms. The summed E-state index contributed by atoms with van der Waals surface area (Å²) < 4.78 is 5.26. The predicted molar refractivity (Wildman–Crippen MR) is 58.5 cm³/mol. The standard InChI is InChI=1S/C13H13NO2/c1-13(2)11(9-6-4-3-5-7-9)10(8-14)12(15)16-13/h3-7,10-11H,1-2H3/t10-,11+/m1/s1. The minimum Gasteiger partial charge on any atom is -0.458 e. The van der Waals surface area contributed by atoms with E-state index < -0.39 is 17.5 Å². The van der Waals surface area contributed by atoms with E-state index >= 15 is 0 Å². The Kier molecular flexibility index (Phi) is 2.43. The minimum absolute atomic E-state index is 0.189. The van der Waals surface area contributed by atoms with E-state index in [9.17, 15) is 4.79 Å². The molecule has 1 aliphatic heterocycles. The molecule has 1 aromatic rings. The molecule has 2 rings (SSSR count). The molecule has 0 aromatic heterocycles. The summed E-state index contributed by atoms with van der Waals surface area (Å²) in [6, 6.07) is 11.6. The third kappa shape index (κ3) is 1.57. The number of nitrogens with zero attached hydrogens (tertiary/aromatic N) is 1. The molecule has 3 heteroatoms. The number of nitriles is 1. The van der Waals surface area contributed by atoms with E-state index in [0.29, 0.717) is 0 Å². The van der Waals surface area contributed by atoms with E-state index in [1.54, 1.807) is 0 Å². The smallest absolute Gasteiger partial charge is 0.324 e. The molecule has 1 aliphatic rings. The van der Waals surface area contributed by atoms with E-state index in [2.05, 4.69) is 0 Å². The van der Waals surface area contributed by atoms with Gasteiger partial charge in [0.05, 0.1) is 6.07 Å². The van der Waals surface area contributed by atoms with Crippen LogP contribution in [-0.4, -0.2) is 11.6 Å². The maximum absolute atomic E-state index is 11.6. The highest BCUT2D eigenvalue weighted by molar-refractivity contribution is 5.80. The van der Waals surface area contributed by atoms with Gasteiger partial charge >= 0.3 is 5.97 Å². The molecule has 16 heavy (non-hydrogen) atoms. The molecule has 0 radical (unpaired) electrons. The Morgan fingerprint density at radius 3 is 2.50 bits per heavy atom. The van der Waals surface area contributed by atoms with Crippen molar-refractivity contribution in [2.45, 2.75) is 25.4 Å². The van der Waals surface area contributed by atoms with Gasteiger partial charge in [0.2, 0.25) is 0 Å². The van der Waals surface area contributed by atoms with Gasteiger partial charge in [0.25, 0.3) is 0 Å². The average molecular weight is 215 g/mol. The molecule has 0 spiro atoms. The molecule has 3 nitrogen and oxygen atoms in total. The van der Waals surface area contributed by atoms with E-state index in [0.717, 1.165) is 5.56 Å². The predicted octanol–water partition coefficient (Wildman–Crippen LogP) is 2.25. The maximum Gasteiger partial charge on any atom is 0.324 e. The van der Waals surface area contributed by atoms with Crippen LogP contribution in [0.2, 0.25) is 0 Å². The number of cyclic esters (lactones) is 1. The van der Waals surface area contributed by atoms with Crippen LogP contribution in [0.5, 0.6) is 0 Å². The summed E-state index contributed by atoms with van der Waals surface area (Å²) in [5.74, 6) is -1.30. The first kappa shape index (κ1) is 10.7. The maximum atomic E-state index is 11.6. The molecule has 0 saturated carbocycles. The first-order chi connectivity index (χ1) is 7.56. The van der Waals surface area contributed by atoms with Crippen molar-refractivity contribution in [2.75, 3.05) is 0 Å². The fourth-order valence-corrected chi connectivity index (χ4v) is 2.31. The van der Waals surface area contributed by atoms with Gasteiger partial charge in [-0.05, 0) is 19.4 Å². The lowest BCUT2D eigenvalue weighted by Gasteiger charge is -2.25. The zero-order valence-corrected chi connectivity index (χ0v) is 9.31. The van der Waals surface area contributed by atoms with Crippen molar-refractivity contribution in [1.82, 2.24) is 0 Å². The van der Waals surface area contributed by atoms with E-state index in [1.807, 2.05) is 50.2 Å². The van der Waals surface area contributed by atoms with Crippen LogP contribution < -0.4 is 0 Å². The van der Waals surface area contributed by atoms with Crippen molar-refractivity contribution in [3.63, 3.8) is 0 Å². The Bertz CT molecular complexity index is 445. The van der Waals surface area contributed by atoms with Gasteiger partial charge in [-0.15, -0.1) is 0 Å². The summed E-state index contributed by atoms with van der Waals surface area (Å²) in [5, 5.41) is 9.05. The molecule has 0 N–H and O–H groups in total. The molecule has 1 heterocycles. The zero-order chi connectivity index (χ0) is 11.8. The van der Waals surface area contributed by atoms with Crippen molar-refractivity contribution in [3.05, 3.63) is 35.9 Å². The van der Waals surface area contributed by atoms with Crippen LogP contribution in [0.4, 0.5) is 0 Å². The van der Waals surface area contributed by atoms with Gasteiger partial charge in [-0.25, -0.2) is 0 Å². The molecular formula is C13H13NO2. The molecule has 0 aliphatic carbocycles. The van der Waals surface area contributed by atoms with Crippen LogP contribution in [0.15, 0.2) is 30.3 Å². The highest BCUT2D eigenvalue weighted by atomic mass is 16.6. The largest absolute Gasteiger partial charge is 0.458 e. The SMILES string of the molecule is CC1(C)OC(=O)[C@H](C#N)[C@@H]1c1ccccc1. The third-order valence-electron chi connectivity index (χ3n) is 3.00. The van der Waals surface area contributed by atoms with Crippen LogP contribution in [0.3, 0.4) is 0 Å². The second kappa shape index (κ2) is 3.64. The second-order valence-corrected chi connectivity index (χ2v) is 4.52. The number of carbonyl (C=O) groups excluding carboxylic acids is 1. The monoisotopic (exact) mass is 215 g/mol. The molecule has 0 unspecified atom stereocenters. The molecule has 2 atom stereocenters. The average Bonchev–Trinajstić information content (AvgIpc) is 2.48. The number of carbonyl (C=O) groups is 1. The Balaban J connectivity index is 2.46. The number of rotatable bonds is 1. The Morgan fingerprint density at radius 2 is 1.94 bits per heavy atom. The summed E-state index contributed by atoms with van der Waals surface area (Å²) in [7, 11) is 0. The van der Waals surface area contributed by atoms with Gasteiger partial charge in [-0.3, -0.25) is 4.79 Å². The van der Waals surface area contributed by atoms with Gasteiger partial charge < -0.3 is 4.74 Å². The molecule has 1 fully saturated rings. The Hall–Kier alpha value is -1.82. The summed E-state index contributed by atoms with van der Waals surface area (Å²) in [6.07, 6.45) is 0. The third-order valence-corrected chi connectivity index (χ3v) is 3.00. The van der Waals surface area contributed by atoms with E-state index in [4.69, 9.17) is 10.00 Å². The number of benzene rings is 1. The van der Waals surface area contributed by atoms with Crippen molar-refractivity contribution in [1.29, 1.82) is 5.26 Å². The lowest BCUT2D eigenvalue weighted by molar-refractivity contribution is -0.147. The minimum atomic E-state index is -0.697. The molecule has 82 valence electrons. The summed E-state index contributed by atoms with van der Waals surface area (Å²) in [5.41, 5.74) is 0.364. The van der Waals surface area contributed by atoms with Gasteiger partial charge in [-0.2, -0.15) is 5.26 Å². The van der Waals surface area contributed by atoms with Crippen molar-refractivity contribution in [3.8, 4) is 6.07 Å². The van der Waals surface area contributed by atoms with Crippen LogP contribution in [-0.2, 0) is 9.53 Å². The van der Waals surface area contributed by atoms with E-state index in [-0.39, 0.29) is 5.92 Å². The van der Waals surface area contributed by atoms with Gasteiger partial charge in [0.1, 0.15) is 5.60 Å². The Morgan fingerprint density at radius 1 is 1.31 bits per heavy atom. The number of ether oxygens (including phenoxy) is 1. The van der Waals surface area contributed by atoms with Crippen LogP contribution >= 0.6 is 0 Å². The topological polar surface area (TPSA) is 50.1 Å². The van der Waals surface area contributed by atoms with Crippen molar-refractivity contribution in [2.24, 2.45) is 5.92 Å². The lowest BCUT2D eigenvalue weighted by atomic mass is 9.79. The van der Waals surface area contributed by atoms with Crippen LogP contribution in [0, 0.1) is 17.2 Å². The number of esters is 1. The van der Waals surface area contributed by atoms with E-state index in [1.165, 1.54) is 0 Å². The second-order valence-electron chi connectivity index (χ2n) is 4.52. The summed E-state index contributed by atoms with van der Waals surface area (Å²) in [4.78, 5) is 11.6. The number of hydrogen-bond acceptors (Lipinski definition) is 3. The highest BCUT2D eigenvalue weighted by Gasteiger charge is 2.50. The zero-order valence-electron chi connectivity index (χ0n) is 9.31. The fraction of sp³-hybridized carbons (Fsp3) is 0.385. The molecule has 1 aromatic carbocycles. The van der Waals surface area contributed by atoms with Crippen molar-refractivity contribution < 1.29 is 9.53 Å². The highest BCUT2D eigenvalue weighted by Crippen LogP contribution is 2.43. The molecular weight excluding hydrogens is 202 g/mol. The van der Waals surface area contributed by atoms with Crippen molar-refractivity contribution >= 4 is 5.97 Å². The van der Waals surface area contributed by atoms with Crippen LogP contribution in [0.1, 0.15) is 25.3 Å². The van der Waals surface area contributed by atoms with Gasteiger partial charge in [0, 0.05) is 5.92 Å². The number of hydrogen-bond donors (Lipinski definition) is 0. The molecule has 0 amide bonds. The quantitative estimate of drug-likeness (QED) is 0.675. The summed E-state index contributed by atoms with van der Waals surface area (Å²) in [6.45, 7) is 3.69. The fourth-order valence-electron chi connectivity index (χ4n) is 2.31. The first-order valence-corrected chi connectivity index (χ1v) is 5.23. The lowest BCUT2D eigenvalue weighted by Crippen LogP contribution is -2.27. The van der Waals surface area contributed by atoms with Gasteiger partial charge in [-0.1, -0.05) is 30.3 Å². The first-order valence-electron chi connectivity index (χ1n) is 5.23. The van der Waals surface area contributed by atoms with Crippen LogP contribution in [0.25, 0.3) is 0 Å². The summed E-state index contributed by atoms with van der Waals surface area (Å²) >= 11 is 0.